The van der Waals surface area contributed by atoms with Crippen molar-refractivity contribution in [3.8, 4) is 5.75 Å². The molecule has 100 valence electrons. The Labute approximate surface area is 111 Å². The SMILES string of the molecule is COC(=O)C[C@H](c1ccc(O)cc1)c1ccnn1C. The molecule has 0 spiro atoms. The molecule has 0 aliphatic carbocycles. The number of phenols is 1. The van der Waals surface area contributed by atoms with E-state index >= 15 is 0 Å². The highest BCUT2D eigenvalue weighted by Crippen LogP contribution is 2.29. The number of methoxy groups -OCH3 is 1. The zero-order valence-corrected chi connectivity index (χ0v) is 10.9. The van der Waals surface area contributed by atoms with Gasteiger partial charge < -0.3 is 9.84 Å². The number of esters is 1. The average molecular weight is 260 g/mol. The first kappa shape index (κ1) is 13.1. The summed E-state index contributed by atoms with van der Waals surface area (Å²) in [6.07, 6.45) is 1.93. The van der Waals surface area contributed by atoms with Crippen LogP contribution in [-0.4, -0.2) is 28.0 Å². The molecule has 1 N–H and O–H groups in total. The molecular formula is C14H16N2O3. The van der Waals surface area contributed by atoms with Gasteiger partial charge in [-0.3, -0.25) is 9.48 Å². The van der Waals surface area contributed by atoms with Crippen molar-refractivity contribution in [1.82, 2.24) is 9.78 Å². The average Bonchev–Trinajstić information content (AvgIpc) is 2.83. The maximum Gasteiger partial charge on any atom is 0.306 e. The van der Waals surface area contributed by atoms with Gasteiger partial charge in [0.2, 0.25) is 0 Å². The fraction of sp³-hybridized carbons (Fsp3) is 0.286. The molecule has 1 aromatic heterocycles. The summed E-state index contributed by atoms with van der Waals surface area (Å²) in [6, 6.07) is 8.69. The fourth-order valence-corrected chi connectivity index (χ4v) is 2.08. The van der Waals surface area contributed by atoms with E-state index in [1.165, 1.54) is 7.11 Å². The maximum absolute atomic E-state index is 11.6. The van der Waals surface area contributed by atoms with E-state index < -0.39 is 0 Å². The monoisotopic (exact) mass is 260 g/mol. The van der Waals surface area contributed by atoms with Crippen molar-refractivity contribution >= 4 is 5.97 Å². The summed E-state index contributed by atoms with van der Waals surface area (Å²) in [4.78, 5) is 11.6. The molecule has 0 aliphatic rings. The summed E-state index contributed by atoms with van der Waals surface area (Å²) in [5, 5.41) is 13.5. The van der Waals surface area contributed by atoms with Gasteiger partial charge in [-0.1, -0.05) is 12.1 Å². The van der Waals surface area contributed by atoms with Crippen LogP contribution in [0.3, 0.4) is 0 Å². The highest BCUT2D eigenvalue weighted by Gasteiger charge is 2.21. The first-order valence-corrected chi connectivity index (χ1v) is 5.95. The first-order chi connectivity index (χ1) is 9.11. The summed E-state index contributed by atoms with van der Waals surface area (Å²) >= 11 is 0. The summed E-state index contributed by atoms with van der Waals surface area (Å²) < 4.78 is 6.48. The van der Waals surface area contributed by atoms with Crippen molar-refractivity contribution in [3.63, 3.8) is 0 Å². The van der Waals surface area contributed by atoms with E-state index in [-0.39, 0.29) is 24.1 Å². The van der Waals surface area contributed by atoms with E-state index in [4.69, 9.17) is 4.74 Å². The normalized spacial score (nSPS) is 12.1. The van der Waals surface area contributed by atoms with Gasteiger partial charge in [-0.15, -0.1) is 0 Å². The molecule has 1 atom stereocenters. The van der Waals surface area contributed by atoms with Crippen molar-refractivity contribution in [2.45, 2.75) is 12.3 Å². The predicted octanol–water partition coefficient (Wildman–Crippen LogP) is 1.82. The van der Waals surface area contributed by atoms with Crippen molar-refractivity contribution in [2.75, 3.05) is 7.11 Å². The lowest BCUT2D eigenvalue weighted by atomic mass is 9.92. The number of phenolic OH excluding ortho intramolecular Hbond substituents is 1. The van der Waals surface area contributed by atoms with Gasteiger partial charge in [-0.05, 0) is 23.8 Å². The Morgan fingerprint density at radius 3 is 2.58 bits per heavy atom. The number of aryl methyl sites for hydroxylation is 1. The van der Waals surface area contributed by atoms with Crippen LogP contribution in [0.5, 0.6) is 5.75 Å². The van der Waals surface area contributed by atoms with E-state index in [1.54, 1.807) is 35.1 Å². The zero-order chi connectivity index (χ0) is 13.8. The molecule has 19 heavy (non-hydrogen) atoms. The summed E-state index contributed by atoms with van der Waals surface area (Å²) in [6.45, 7) is 0. The van der Waals surface area contributed by atoms with Gasteiger partial charge in [0.15, 0.2) is 0 Å². The second-order valence-electron chi connectivity index (χ2n) is 4.30. The number of carbonyl (C=O) groups excluding carboxylic acids is 1. The van der Waals surface area contributed by atoms with Gasteiger partial charge in [0.1, 0.15) is 5.75 Å². The molecule has 2 aromatic rings. The minimum absolute atomic E-state index is 0.138. The number of aromatic hydroxyl groups is 1. The molecule has 0 bridgehead atoms. The molecule has 0 radical (unpaired) electrons. The second-order valence-corrected chi connectivity index (χ2v) is 4.30. The molecule has 0 saturated heterocycles. The van der Waals surface area contributed by atoms with Crippen LogP contribution in [0.25, 0.3) is 0 Å². The van der Waals surface area contributed by atoms with Gasteiger partial charge in [0.05, 0.1) is 13.5 Å². The molecule has 1 heterocycles. The topological polar surface area (TPSA) is 64.3 Å². The lowest BCUT2D eigenvalue weighted by molar-refractivity contribution is -0.140. The summed E-state index contributed by atoms with van der Waals surface area (Å²) in [7, 11) is 3.21. The number of nitrogens with zero attached hydrogens (tertiary/aromatic N) is 2. The molecule has 2 rings (SSSR count). The van der Waals surface area contributed by atoms with Crippen LogP contribution in [0, 0.1) is 0 Å². The van der Waals surface area contributed by atoms with Gasteiger partial charge >= 0.3 is 5.97 Å². The van der Waals surface area contributed by atoms with Crippen LogP contribution in [0.1, 0.15) is 23.6 Å². The Bertz CT molecular complexity index is 560. The van der Waals surface area contributed by atoms with Crippen LogP contribution >= 0.6 is 0 Å². The molecule has 0 aliphatic heterocycles. The number of ether oxygens (including phenoxy) is 1. The molecule has 0 unspecified atom stereocenters. The number of aromatic nitrogens is 2. The van der Waals surface area contributed by atoms with E-state index in [2.05, 4.69) is 5.10 Å². The molecular weight excluding hydrogens is 244 g/mol. The third kappa shape index (κ3) is 2.93. The quantitative estimate of drug-likeness (QED) is 0.852. The van der Waals surface area contributed by atoms with Crippen molar-refractivity contribution < 1.29 is 14.6 Å². The van der Waals surface area contributed by atoms with E-state index in [0.717, 1.165) is 11.3 Å². The third-order valence-corrected chi connectivity index (χ3v) is 3.11. The lowest BCUT2D eigenvalue weighted by Gasteiger charge is -2.16. The number of hydrogen-bond acceptors (Lipinski definition) is 4. The standard InChI is InChI=1S/C14H16N2O3/c1-16-13(7-8-15-16)12(9-14(18)19-2)10-3-5-11(17)6-4-10/h3-8,12,17H,9H2,1-2H3/t12-/m1/s1. The molecule has 5 nitrogen and oxygen atoms in total. The van der Waals surface area contributed by atoms with E-state index in [0.29, 0.717) is 0 Å². The minimum atomic E-state index is -0.278. The number of benzene rings is 1. The second kappa shape index (κ2) is 5.56. The van der Waals surface area contributed by atoms with Gasteiger partial charge in [0, 0.05) is 24.9 Å². The highest BCUT2D eigenvalue weighted by atomic mass is 16.5. The van der Waals surface area contributed by atoms with Gasteiger partial charge in [-0.25, -0.2) is 0 Å². The zero-order valence-electron chi connectivity index (χ0n) is 10.9. The summed E-state index contributed by atoms with van der Waals surface area (Å²) in [5.74, 6) is -0.217. The molecule has 0 saturated carbocycles. The van der Waals surface area contributed by atoms with Crippen LogP contribution < -0.4 is 0 Å². The smallest absolute Gasteiger partial charge is 0.306 e. The minimum Gasteiger partial charge on any atom is -0.508 e. The van der Waals surface area contributed by atoms with Gasteiger partial charge in [-0.2, -0.15) is 5.10 Å². The van der Waals surface area contributed by atoms with Crippen LogP contribution in [0.15, 0.2) is 36.5 Å². The Morgan fingerprint density at radius 1 is 1.37 bits per heavy atom. The largest absolute Gasteiger partial charge is 0.508 e. The predicted molar refractivity (Wildman–Crippen MR) is 69.8 cm³/mol. The number of rotatable bonds is 4. The van der Waals surface area contributed by atoms with Crippen LogP contribution in [-0.2, 0) is 16.6 Å². The highest BCUT2D eigenvalue weighted by molar-refractivity contribution is 5.71. The van der Waals surface area contributed by atoms with Gasteiger partial charge in [0.25, 0.3) is 0 Å². The summed E-state index contributed by atoms with van der Waals surface area (Å²) in [5.41, 5.74) is 1.86. The molecule has 0 fully saturated rings. The number of carbonyl (C=O) groups is 1. The Kier molecular flexibility index (Phi) is 3.85. The molecule has 1 aromatic carbocycles. The third-order valence-electron chi connectivity index (χ3n) is 3.11. The Morgan fingerprint density at radius 2 is 2.05 bits per heavy atom. The van der Waals surface area contributed by atoms with Crippen molar-refractivity contribution in [1.29, 1.82) is 0 Å². The number of hydrogen-bond donors (Lipinski definition) is 1. The van der Waals surface area contributed by atoms with E-state index in [9.17, 15) is 9.90 Å². The van der Waals surface area contributed by atoms with Crippen molar-refractivity contribution in [2.24, 2.45) is 7.05 Å². The maximum atomic E-state index is 11.6. The van der Waals surface area contributed by atoms with Crippen molar-refractivity contribution in [3.05, 3.63) is 47.8 Å². The lowest BCUT2D eigenvalue weighted by Crippen LogP contribution is -2.13. The molecule has 5 heteroatoms. The fourth-order valence-electron chi connectivity index (χ4n) is 2.08. The first-order valence-electron chi connectivity index (χ1n) is 5.95. The van der Waals surface area contributed by atoms with Crippen LogP contribution in [0.4, 0.5) is 0 Å². The van der Waals surface area contributed by atoms with Crippen LogP contribution in [0.2, 0.25) is 0 Å². The Hall–Kier alpha value is -2.30. The molecule has 0 amide bonds. The Balaban J connectivity index is 2.37. The van der Waals surface area contributed by atoms with E-state index in [1.807, 2.05) is 13.1 Å².